The Morgan fingerprint density at radius 1 is 1.38 bits per heavy atom. The van der Waals surface area contributed by atoms with Crippen LogP contribution in [0, 0.1) is 12.8 Å². The Balaban J connectivity index is 1.82. The first-order chi connectivity index (χ1) is 10.1. The van der Waals surface area contributed by atoms with Crippen LogP contribution in [0.25, 0.3) is 0 Å². The highest BCUT2D eigenvalue weighted by Gasteiger charge is 2.42. The molecule has 2 atom stereocenters. The smallest absolute Gasteiger partial charge is 0.0686 e. The lowest BCUT2D eigenvalue weighted by atomic mass is 9.78. The molecule has 1 aliphatic carbocycles. The molecule has 21 heavy (non-hydrogen) atoms. The number of benzene rings is 1. The molecule has 3 nitrogen and oxygen atoms in total. The van der Waals surface area contributed by atoms with Gasteiger partial charge >= 0.3 is 0 Å². The molecule has 4 heteroatoms. The van der Waals surface area contributed by atoms with Gasteiger partial charge in [0.1, 0.15) is 0 Å². The average molecular weight is 353 g/mol. The number of hydrogen-bond donors (Lipinski definition) is 2. The minimum absolute atomic E-state index is 0.140. The van der Waals surface area contributed by atoms with E-state index in [2.05, 4.69) is 46.5 Å². The van der Waals surface area contributed by atoms with Crippen LogP contribution in [0.2, 0.25) is 0 Å². The Hall–Kier alpha value is -0.420. The first-order valence-electron chi connectivity index (χ1n) is 8.00. The fraction of sp³-hybridized carbons (Fsp3) is 0.647. The summed E-state index contributed by atoms with van der Waals surface area (Å²) in [6.45, 7) is 3.04. The summed E-state index contributed by atoms with van der Waals surface area (Å²) in [4.78, 5) is 0. The van der Waals surface area contributed by atoms with Crippen LogP contribution in [0.4, 0.5) is 0 Å². The van der Waals surface area contributed by atoms with Crippen LogP contribution in [-0.2, 0) is 4.74 Å². The van der Waals surface area contributed by atoms with Crippen molar-refractivity contribution in [2.24, 2.45) is 11.8 Å². The largest absolute Gasteiger partial charge is 0.375 e. The van der Waals surface area contributed by atoms with Crippen molar-refractivity contribution in [1.82, 2.24) is 5.43 Å². The van der Waals surface area contributed by atoms with Gasteiger partial charge in [-0.2, -0.15) is 0 Å². The van der Waals surface area contributed by atoms with Crippen LogP contribution in [0.15, 0.2) is 22.7 Å². The monoisotopic (exact) mass is 352 g/mol. The molecule has 1 aromatic carbocycles. The highest BCUT2D eigenvalue weighted by atomic mass is 79.9. The number of hydrazine groups is 1. The molecule has 0 radical (unpaired) electrons. The summed E-state index contributed by atoms with van der Waals surface area (Å²) in [5.41, 5.74) is 5.84. The Morgan fingerprint density at radius 3 is 2.81 bits per heavy atom. The van der Waals surface area contributed by atoms with Crippen molar-refractivity contribution >= 4 is 15.9 Å². The zero-order valence-electron chi connectivity index (χ0n) is 12.7. The van der Waals surface area contributed by atoms with Gasteiger partial charge in [-0.15, -0.1) is 0 Å². The van der Waals surface area contributed by atoms with Gasteiger partial charge in [0.2, 0.25) is 0 Å². The molecule has 1 spiro atoms. The number of ether oxygens (including phenoxy) is 1. The van der Waals surface area contributed by atoms with Gasteiger partial charge in [0.25, 0.3) is 0 Å². The van der Waals surface area contributed by atoms with Gasteiger partial charge in [0.15, 0.2) is 0 Å². The van der Waals surface area contributed by atoms with E-state index in [0.29, 0.717) is 5.92 Å². The summed E-state index contributed by atoms with van der Waals surface area (Å²) in [7, 11) is 0. The second kappa shape index (κ2) is 6.37. The molecule has 2 aliphatic rings. The predicted octanol–water partition coefficient (Wildman–Crippen LogP) is 4.00. The lowest BCUT2D eigenvalue weighted by Gasteiger charge is -2.41. The van der Waals surface area contributed by atoms with Crippen molar-refractivity contribution in [2.45, 2.75) is 57.1 Å². The van der Waals surface area contributed by atoms with E-state index in [9.17, 15) is 0 Å². The summed E-state index contributed by atoms with van der Waals surface area (Å²) < 4.78 is 7.28. The number of hydrogen-bond acceptors (Lipinski definition) is 3. The molecule has 0 bridgehead atoms. The highest BCUT2D eigenvalue weighted by Crippen LogP contribution is 2.45. The van der Waals surface area contributed by atoms with Crippen molar-refractivity contribution < 1.29 is 4.74 Å². The number of nitrogens with one attached hydrogen (secondary N) is 1. The number of aryl methyl sites for hydroxylation is 1. The van der Waals surface area contributed by atoms with E-state index in [0.717, 1.165) is 23.9 Å². The topological polar surface area (TPSA) is 47.3 Å². The van der Waals surface area contributed by atoms with Crippen molar-refractivity contribution in [3.05, 3.63) is 33.8 Å². The first-order valence-corrected chi connectivity index (χ1v) is 8.79. The Bertz CT molecular complexity index is 500. The van der Waals surface area contributed by atoms with Crippen LogP contribution in [-0.4, -0.2) is 12.2 Å². The average Bonchev–Trinajstić information content (AvgIpc) is 2.90. The van der Waals surface area contributed by atoms with Crippen LogP contribution in [0.3, 0.4) is 0 Å². The Labute approximate surface area is 135 Å². The second-order valence-corrected chi connectivity index (χ2v) is 7.55. The van der Waals surface area contributed by atoms with E-state index < -0.39 is 0 Å². The SMILES string of the molecule is Cc1cc(Br)ccc1C(NN)C1CCOC2(CCCC2)C1. The Morgan fingerprint density at radius 2 is 2.14 bits per heavy atom. The molecule has 0 aromatic heterocycles. The fourth-order valence-corrected chi connectivity index (χ4v) is 4.66. The maximum Gasteiger partial charge on any atom is 0.0686 e. The van der Waals surface area contributed by atoms with E-state index in [-0.39, 0.29) is 11.6 Å². The number of nitrogens with two attached hydrogens (primary N) is 1. The van der Waals surface area contributed by atoms with E-state index >= 15 is 0 Å². The molecule has 1 saturated heterocycles. The molecule has 3 rings (SSSR count). The molecule has 116 valence electrons. The summed E-state index contributed by atoms with van der Waals surface area (Å²) in [5, 5.41) is 0. The van der Waals surface area contributed by atoms with Crippen LogP contribution >= 0.6 is 15.9 Å². The number of rotatable bonds is 3. The lowest BCUT2D eigenvalue weighted by molar-refractivity contribution is -0.0982. The maximum atomic E-state index is 6.16. The van der Waals surface area contributed by atoms with Crippen LogP contribution < -0.4 is 11.3 Å². The van der Waals surface area contributed by atoms with Crippen molar-refractivity contribution in [3.63, 3.8) is 0 Å². The fourth-order valence-electron chi connectivity index (χ4n) is 4.19. The van der Waals surface area contributed by atoms with Crippen LogP contribution in [0.5, 0.6) is 0 Å². The molecule has 1 heterocycles. The third-order valence-corrected chi connectivity index (χ3v) is 5.76. The van der Waals surface area contributed by atoms with E-state index in [1.54, 1.807) is 0 Å². The minimum atomic E-state index is 0.140. The quantitative estimate of drug-likeness (QED) is 0.638. The molecule has 2 unspecified atom stereocenters. The third kappa shape index (κ3) is 3.19. The third-order valence-electron chi connectivity index (χ3n) is 5.26. The standard InChI is InChI=1S/C17H25BrN2O/c1-12-10-14(18)4-5-15(12)16(20-19)13-6-9-21-17(11-13)7-2-3-8-17/h4-5,10,13,16,20H,2-3,6-9,11,19H2,1H3. The molecule has 1 saturated carbocycles. The van der Waals surface area contributed by atoms with Crippen molar-refractivity contribution in [2.75, 3.05) is 6.61 Å². The summed E-state index contributed by atoms with van der Waals surface area (Å²) in [6.07, 6.45) is 7.29. The zero-order valence-corrected chi connectivity index (χ0v) is 14.3. The van der Waals surface area contributed by atoms with Gasteiger partial charge in [-0.3, -0.25) is 11.3 Å². The normalized spacial score (nSPS) is 26.1. The minimum Gasteiger partial charge on any atom is -0.375 e. The Kier molecular flexibility index (Phi) is 4.69. The van der Waals surface area contributed by atoms with Gasteiger partial charge in [-0.1, -0.05) is 34.8 Å². The predicted molar refractivity (Wildman–Crippen MR) is 88.8 cm³/mol. The van der Waals surface area contributed by atoms with E-state index in [4.69, 9.17) is 10.6 Å². The van der Waals surface area contributed by atoms with E-state index in [1.807, 2.05) is 0 Å². The van der Waals surface area contributed by atoms with Crippen molar-refractivity contribution in [1.29, 1.82) is 0 Å². The van der Waals surface area contributed by atoms with Gasteiger partial charge in [-0.25, -0.2) is 0 Å². The zero-order chi connectivity index (χ0) is 14.9. The van der Waals surface area contributed by atoms with Gasteiger partial charge in [0.05, 0.1) is 5.60 Å². The molecular weight excluding hydrogens is 328 g/mol. The van der Waals surface area contributed by atoms with E-state index in [1.165, 1.54) is 36.8 Å². The van der Waals surface area contributed by atoms with Gasteiger partial charge in [-0.05, 0) is 61.8 Å². The first kappa shape index (κ1) is 15.5. The summed E-state index contributed by atoms with van der Waals surface area (Å²) >= 11 is 3.54. The van der Waals surface area contributed by atoms with Crippen LogP contribution in [0.1, 0.15) is 55.7 Å². The van der Waals surface area contributed by atoms with Crippen molar-refractivity contribution in [3.8, 4) is 0 Å². The number of halogens is 1. The lowest BCUT2D eigenvalue weighted by Crippen LogP contribution is -2.43. The molecule has 1 aromatic rings. The maximum absolute atomic E-state index is 6.16. The summed E-state index contributed by atoms with van der Waals surface area (Å²) in [5.74, 6) is 6.48. The molecule has 1 aliphatic heterocycles. The van der Waals surface area contributed by atoms with Gasteiger partial charge in [0, 0.05) is 17.1 Å². The highest BCUT2D eigenvalue weighted by molar-refractivity contribution is 9.10. The van der Waals surface area contributed by atoms with Gasteiger partial charge < -0.3 is 4.74 Å². The second-order valence-electron chi connectivity index (χ2n) is 6.64. The molecule has 3 N–H and O–H groups in total. The molecule has 0 amide bonds. The summed E-state index contributed by atoms with van der Waals surface area (Å²) in [6, 6.07) is 6.70. The molecular formula is C17H25BrN2O. The molecule has 2 fully saturated rings.